The van der Waals surface area contributed by atoms with E-state index in [0.29, 0.717) is 0 Å². The first-order valence-electron chi connectivity index (χ1n) is 7.24. The molecule has 3 N–H and O–H groups in total. The third-order valence-electron chi connectivity index (χ3n) is 3.85. The highest BCUT2D eigenvalue weighted by Gasteiger charge is 2.17. The predicted octanol–water partition coefficient (Wildman–Crippen LogP) is 3.72. The SMILES string of the molecule is Cl.Cl.NCCCNc1c2c(nc3ccccc13)CCCC2. The molecule has 0 fully saturated rings. The fraction of sp³-hybridized carbons (Fsp3) is 0.438. The second-order valence-corrected chi connectivity index (χ2v) is 5.21. The molecule has 0 amide bonds. The lowest BCUT2D eigenvalue weighted by Crippen LogP contribution is -2.14. The van der Waals surface area contributed by atoms with Crippen LogP contribution in [0.15, 0.2) is 24.3 Å². The summed E-state index contributed by atoms with van der Waals surface area (Å²) in [5.41, 5.74) is 10.7. The Morgan fingerprint density at radius 2 is 1.86 bits per heavy atom. The van der Waals surface area contributed by atoms with Crippen molar-refractivity contribution in [3.8, 4) is 0 Å². The van der Waals surface area contributed by atoms with Gasteiger partial charge in [0.05, 0.1) is 5.52 Å². The first-order chi connectivity index (χ1) is 9.40. The Balaban J connectivity index is 0.00000110. The Kier molecular flexibility index (Phi) is 7.23. The summed E-state index contributed by atoms with van der Waals surface area (Å²) in [6.07, 6.45) is 5.81. The fourth-order valence-electron chi connectivity index (χ4n) is 2.89. The molecule has 0 aliphatic heterocycles. The number of nitrogens with zero attached hydrogens (tertiary/aromatic N) is 1. The Morgan fingerprint density at radius 3 is 2.67 bits per heavy atom. The summed E-state index contributed by atoms with van der Waals surface area (Å²) in [4.78, 5) is 4.84. The molecule has 1 aliphatic carbocycles. The molecule has 0 radical (unpaired) electrons. The Labute approximate surface area is 138 Å². The number of fused-ring (bicyclic) bond motifs is 2. The molecule has 1 aromatic heterocycles. The van der Waals surface area contributed by atoms with Crippen molar-refractivity contribution in [3.05, 3.63) is 35.5 Å². The maximum atomic E-state index is 5.59. The van der Waals surface area contributed by atoms with Crippen LogP contribution in [0, 0.1) is 0 Å². The summed E-state index contributed by atoms with van der Waals surface area (Å²) in [6.45, 7) is 1.68. The van der Waals surface area contributed by atoms with Crippen LogP contribution in [0.1, 0.15) is 30.5 Å². The summed E-state index contributed by atoms with van der Waals surface area (Å²) in [6, 6.07) is 8.43. The molecule has 1 heterocycles. The van der Waals surface area contributed by atoms with Crippen molar-refractivity contribution in [2.45, 2.75) is 32.1 Å². The van der Waals surface area contributed by atoms with Gasteiger partial charge < -0.3 is 11.1 Å². The number of pyridine rings is 1. The minimum absolute atomic E-state index is 0. The van der Waals surface area contributed by atoms with Crippen LogP contribution in [-0.2, 0) is 12.8 Å². The van der Waals surface area contributed by atoms with Crippen LogP contribution in [0.4, 0.5) is 5.69 Å². The lowest BCUT2D eigenvalue weighted by atomic mass is 9.92. The van der Waals surface area contributed by atoms with E-state index in [2.05, 4.69) is 29.6 Å². The van der Waals surface area contributed by atoms with Gasteiger partial charge in [0.25, 0.3) is 0 Å². The van der Waals surface area contributed by atoms with Crippen molar-refractivity contribution in [1.82, 2.24) is 4.98 Å². The van der Waals surface area contributed by atoms with Crippen LogP contribution in [0.2, 0.25) is 0 Å². The van der Waals surface area contributed by atoms with E-state index < -0.39 is 0 Å². The van der Waals surface area contributed by atoms with Gasteiger partial charge in [-0.1, -0.05) is 18.2 Å². The van der Waals surface area contributed by atoms with Crippen molar-refractivity contribution >= 4 is 41.4 Å². The third-order valence-corrected chi connectivity index (χ3v) is 3.85. The van der Waals surface area contributed by atoms with Gasteiger partial charge in [0, 0.05) is 23.3 Å². The highest BCUT2D eigenvalue weighted by atomic mass is 35.5. The number of hydrogen-bond donors (Lipinski definition) is 2. The topological polar surface area (TPSA) is 50.9 Å². The monoisotopic (exact) mass is 327 g/mol. The van der Waals surface area contributed by atoms with E-state index in [4.69, 9.17) is 10.7 Å². The van der Waals surface area contributed by atoms with Crippen molar-refractivity contribution in [3.63, 3.8) is 0 Å². The van der Waals surface area contributed by atoms with Gasteiger partial charge in [-0.3, -0.25) is 4.98 Å². The molecular formula is C16H23Cl2N3. The van der Waals surface area contributed by atoms with Crippen LogP contribution in [0.3, 0.4) is 0 Å². The molecule has 0 unspecified atom stereocenters. The number of aromatic nitrogens is 1. The largest absolute Gasteiger partial charge is 0.384 e. The van der Waals surface area contributed by atoms with Gasteiger partial charge in [-0.15, -0.1) is 24.8 Å². The van der Waals surface area contributed by atoms with Gasteiger partial charge in [-0.2, -0.15) is 0 Å². The predicted molar refractivity (Wildman–Crippen MR) is 95.0 cm³/mol. The zero-order valence-corrected chi connectivity index (χ0v) is 13.7. The van der Waals surface area contributed by atoms with Crippen LogP contribution in [0.5, 0.6) is 0 Å². The number of halogens is 2. The molecule has 116 valence electrons. The summed E-state index contributed by atoms with van der Waals surface area (Å²) in [5, 5.41) is 4.85. The summed E-state index contributed by atoms with van der Waals surface area (Å²) in [5.74, 6) is 0. The minimum atomic E-state index is 0. The maximum absolute atomic E-state index is 5.59. The number of benzene rings is 1. The normalized spacial score (nSPS) is 13.0. The first kappa shape index (κ1) is 18.0. The zero-order chi connectivity index (χ0) is 13.1. The van der Waals surface area contributed by atoms with E-state index in [9.17, 15) is 0 Å². The first-order valence-corrected chi connectivity index (χ1v) is 7.24. The summed E-state index contributed by atoms with van der Waals surface area (Å²) >= 11 is 0. The molecule has 2 aromatic rings. The van der Waals surface area contributed by atoms with Crippen molar-refractivity contribution in [2.24, 2.45) is 5.73 Å². The second kappa shape index (κ2) is 8.42. The lowest BCUT2D eigenvalue weighted by Gasteiger charge is -2.21. The standard InChI is InChI=1S/C16H21N3.2ClH/c17-10-5-11-18-16-12-6-1-3-8-14(12)19-15-9-4-2-7-13(15)16;;/h1,3,6,8H,2,4-5,7,9-11,17H2,(H,18,19);2*1H. The Morgan fingerprint density at radius 1 is 1.10 bits per heavy atom. The van der Waals surface area contributed by atoms with Crippen molar-refractivity contribution < 1.29 is 0 Å². The number of rotatable bonds is 4. The third kappa shape index (κ3) is 3.79. The number of nitrogens with two attached hydrogens (primary N) is 1. The van der Waals surface area contributed by atoms with Crippen LogP contribution >= 0.6 is 24.8 Å². The molecule has 1 aromatic carbocycles. The lowest BCUT2D eigenvalue weighted by molar-refractivity contribution is 0.671. The molecule has 0 bridgehead atoms. The van der Waals surface area contributed by atoms with Crippen LogP contribution in [-0.4, -0.2) is 18.1 Å². The minimum Gasteiger partial charge on any atom is -0.384 e. The molecule has 0 spiro atoms. The zero-order valence-electron chi connectivity index (χ0n) is 12.1. The molecule has 21 heavy (non-hydrogen) atoms. The van der Waals surface area contributed by atoms with Crippen LogP contribution in [0.25, 0.3) is 10.9 Å². The van der Waals surface area contributed by atoms with Gasteiger partial charge in [0.1, 0.15) is 0 Å². The summed E-state index contributed by atoms with van der Waals surface area (Å²) < 4.78 is 0. The second-order valence-electron chi connectivity index (χ2n) is 5.21. The van der Waals surface area contributed by atoms with Gasteiger partial charge in [-0.25, -0.2) is 0 Å². The number of nitrogens with one attached hydrogen (secondary N) is 1. The van der Waals surface area contributed by atoms with Gasteiger partial charge in [0.2, 0.25) is 0 Å². The smallest absolute Gasteiger partial charge is 0.0726 e. The van der Waals surface area contributed by atoms with Crippen molar-refractivity contribution in [1.29, 1.82) is 0 Å². The van der Waals surface area contributed by atoms with Gasteiger partial charge >= 0.3 is 0 Å². The van der Waals surface area contributed by atoms with E-state index in [0.717, 1.165) is 37.9 Å². The molecule has 5 heteroatoms. The summed E-state index contributed by atoms with van der Waals surface area (Å²) in [7, 11) is 0. The quantitative estimate of drug-likeness (QED) is 0.841. The van der Waals surface area contributed by atoms with E-state index in [1.807, 2.05) is 0 Å². The Bertz CT molecular complexity index is 587. The van der Waals surface area contributed by atoms with Crippen LogP contribution < -0.4 is 11.1 Å². The highest BCUT2D eigenvalue weighted by Crippen LogP contribution is 2.33. The average molecular weight is 328 g/mol. The molecule has 0 saturated carbocycles. The van der Waals surface area contributed by atoms with E-state index in [1.165, 1.54) is 35.2 Å². The molecule has 3 nitrogen and oxygen atoms in total. The number of aryl methyl sites for hydroxylation is 1. The molecule has 1 aliphatic rings. The van der Waals surface area contributed by atoms with E-state index in [1.54, 1.807) is 0 Å². The Hall–Kier alpha value is -1.03. The van der Waals surface area contributed by atoms with Crippen molar-refractivity contribution in [2.75, 3.05) is 18.4 Å². The van der Waals surface area contributed by atoms with E-state index in [-0.39, 0.29) is 24.8 Å². The fourth-order valence-corrected chi connectivity index (χ4v) is 2.89. The maximum Gasteiger partial charge on any atom is 0.0726 e. The number of anilines is 1. The molecular weight excluding hydrogens is 305 g/mol. The van der Waals surface area contributed by atoms with E-state index >= 15 is 0 Å². The molecule has 0 atom stereocenters. The molecule has 3 rings (SSSR count). The highest BCUT2D eigenvalue weighted by molar-refractivity contribution is 5.93. The average Bonchev–Trinajstić information content (AvgIpc) is 2.46. The molecule has 0 saturated heterocycles. The number of para-hydroxylation sites is 1. The number of hydrogen-bond acceptors (Lipinski definition) is 3. The van der Waals surface area contributed by atoms with Gasteiger partial charge in [0.15, 0.2) is 0 Å². The van der Waals surface area contributed by atoms with Gasteiger partial charge in [-0.05, 0) is 50.3 Å².